The van der Waals surface area contributed by atoms with Crippen molar-refractivity contribution in [2.75, 3.05) is 13.1 Å². The molecule has 1 aromatic rings. The van der Waals surface area contributed by atoms with Crippen molar-refractivity contribution in [2.45, 2.75) is 45.6 Å². The fraction of sp³-hybridized carbons (Fsp3) is 0.769. The summed E-state index contributed by atoms with van der Waals surface area (Å²) in [5.41, 5.74) is 1.52. The number of aliphatic hydroxyl groups is 1. The molecular weight excluding hydrogens is 214 g/mol. The zero-order valence-electron chi connectivity index (χ0n) is 11.5. The molecule has 1 unspecified atom stereocenters. The third kappa shape index (κ3) is 4.48. The molecule has 98 valence electrons. The smallest absolute Gasteiger partial charge is 0.0686 e. The molecule has 4 heteroatoms. The van der Waals surface area contributed by atoms with Crippen LogP contribution in [0.4, 0.5) is 0 Å². The summed E-state index contributed by atoms with van der Waals surface area (Å²) in [6.07, 6.45) is 2.35. The van der Waals surface area contributed by atoms with Gasteiger partial charge in [-0.2, -0.15) is 5.10 Å². The first-order valence-corrected chi connectivity index (χ1v) is 6.43. The third-order valence-corrected chi connectivity index (χ3v) is 3.04. The van der Waals surface area contributed by atoms with E-state index in [1.54, 1.807) is 0 Å². The monoisotopic (exact) mass is 239 g/mol. The Morgan fingerprint density at radius 2 is 2.18 bits per heavy atom. The van der Waals surface area contributed by atoms with E-state index in [2.05, 4.69) is 30.3 Å². The van der Waals surface area contributed by atoms with Crippen LogP contribution in [0.5, 0.6) is 0 Å². The molecule has 1 aromatic heterocycles. The van der Waals surface area contributed by atoms with Crippen LogP contribution in [0.2, 0.25) is 0 Å². The van der Waals surface area contributed by atoms with E-state index >= 15 is 0 Å². The van der Waals surface area contributed by atoms with Crippen LogP contribution in [-0.2, 0) is 19.9 Å². The van der Waals surface area contributed by atoms with Gasteiger partial charge in [0.2, 0.25) is 0 Å². The molecule has 0 aliphatic rings. The Bertz CT molecular complexity index is 344. The minimum absolute atomic E-state index is 0.655. The molecule has 0 saturated heterocycles. The number of aryl methyl sites for hydroxylation is 2. The first-order valence-electron chi connectivity index (χ1n) is 6.43. The lowest BCUT2D eigenvalue weighted by atomic mass is 9.96. The average molecular weight is 239 g/mol. The predicted molar refractivity (Wildman–Crippen MR) is 70.1 cm³/mol. The third-order valence-electron chi connectivity index (χ3n) is 3.04. The lowest BCUT2D eigenvalue weighted by molar-refractivity contribution is 0.0498. The Morgan fingerprint density at radius 1 is 1.47 bits per heavy atom. The molecular formula is C13H25N3O. The molecule has 0 aromatic carbocycles. The molecule has 4 nitrogen and oxygen atoms in total. The van der Waals surface area contributed by atoms with Crippen molar-refractivity contribution in [2.24, 2.45) is 7.05 Å². The first kappa shape index (κ1) is 14.2. The summed E-state index contributed by atoms with van der Waals surface area (Å²) >= 11 is 0. The van der Waals surface area contributed by atoms with Gasteiger partial charge in [0.15, 0.2) is 0 Å². The van der Waals surface area contributed by atoms with Crippen LogP contribution in [-0.4, -0.2) is 33.6 Å². The highest BCUT2D eigenvalue weighted by Gasteiger charge is 2.22. The maximum absolute atomic E-state index is 10.3. The Morgan fingerprint density at radius 3 is 2.71 bits per heavy atom. The van der Waals surface area contributed by atoms with Gasteiger partial charge in [-0.25, -0.2) is 0 Å². The van der Waals surface area contributed by atoms with Gasteiger partial charge in [0, 0.05) is 19.2 Å². The molecule has 0 bridgehead atoms. The largest absolute Gasteiger partial charge is 0.390 e. The second-order valence-corrected chi connectivity index (χ2v) is 4.88. The van der Waals surface area contributed by atoms with Gasteiger partial charge in [-0.05, 0) is 38.9 Å². The van der Waals surface area contributed by atoms with Crippen molar-refractivity contribution in [1.82, 2.24) is 15.1 Å². The van der Waals surface area contributed by atoms with Gasteiger partial charge in [-0.15, -0.1) is 0 Å². The molecule has 0 spiro atoms. The summed E-state index contributed by atoms with van der Waals surface area (Å²) in [7, 11) is 1.94. The second-order valence-electron chi connectivity index (χ2n) is 4.88. The molecule has 0 radical (unpaired) electrons. The fourth-order valence-electron chi connectivity index (χ4n) is 1.92. The van der Waals surface area contributed by atoms with Crippen LogP contribution in [0.15, 0.2) is 6.07 Å². The molecule has 0 saturated carbocycles. The van der Waals surface area contributed by atoms with E-state index in [0.717, 1.165) is 37.3 Å². The minimum Gasteiger partial charge on any atom is -0.390 e. The van der Waals surface area contributed by atoms with Gasteiger partial charge in [0.05, 0.1) is 11.3 Å². The number of nitrogens with one attached hydrogen (secondary N) is 1. The van der Waals surface area contributed by atoms with E-state index in [-0.39, 0.29) is 0 Å². The van der Waals surface area contributed by atoms with E-state index in [1.807, 2.05) is 18.7 Å². The van der Waals surface area contributed by atoms with Crippen molar-refractivity contribution >= 4 is 0 Å². The highest BCUT2D eigenvalue weighted by Crippen LogP contribution is 2.17. The number of hydrogen-bond donors (Lipinski definition) is 2. The van der Waals surface area contributed by atoms with E-state index in [0.29, 0.717) is 6.42 Å². The number of aromatic nitrogens is 2. The molecule has 1 heterocycles. The van der Waals surface area contributed by atoms with Crippen molar-refractivity contribution < 1.29 is 5.11 Å². The minimum atomic E-state index is -0.666. The Labute approximate surface area is 104 Å². The molecule has 0 aliphatic heterocycles. The molecule has 0 aliphatic carbocycles. The molecule has 2 N–H and O–H groups in total. The van der Waals surface area contributed by atoms with Gasteiger partial charge < -0.3 is 10.4 Å². The van der Waals surface area contributed by atoms with Crippen LogP contribution in [0.1, 0.15) is 38.6 Å². The fourth-order valence-corrected chi connectivity index (χ4v) is 1.92. The van der Waals surface area contributed by atoms with Gasteiger partial charge >= 0.3 is 0 Å². The van der Waals surface area contributed by atoms with Gasteiger partial charge in [-0.3, -0.25) is 4.68 Å². The maximum atomic E-state index is 10.3. The summed E-state index contributed by atoms with van der Waals surface area (Å²) in [5, 5.41) is 18.0. The summed E-state index contributed by atoms with van der Waals surface area (Å²) in [6, 6.07) is 2.09. The number of hydrogen-bond acceptors (Lipinski definition) is 3. The molecule has 17 heavy (non-hydrogen) atoms. The van der Waals surface area contributed by atoms with Crippen LogP contribution in [0, 0.1) is 0 Å². The zero-order valence-corrected chi connectivity index (χ0v) is 11.5. The topological polar surface area (TPSA) is 50.1 Å². The van der Waals surface area contributed by atoms with E-state index < -0.39 is 5.60 Å². The standard InChI is InChI=1S/C13H25N3O/c1-5-11-9-12(16(4)15-11)10-13(3,17)7-8-14-6-2/h9,14,17H,5-8,10H2,1-4H3. The van der Waals surface area contributed by atoms with Gasteiger partial charge in [-0.1, -0.05) is 13.8 Å². The van der Waals surface area contributed by atoms with E-state index in [1.165, 1.54) is 0 Å². The summed E-state index contributed by atoms with van der Waals surface area (Å²) in [4.78, 5) is 0. The molecule has 0 amide bonds. The highest BCUT2D eigenvalue weighted by atomic mass is 16.3. The van der Waals surface area contributed by atoms with Gasteiger partial charge in [0.25, 0.3) is 0 Å². The Hall–Kier alpha value is -0.870. The second kappa shape index (κ2) is 6.17. The SMILES string of the molecule is CCNCCC(C)(O)Cc1cc(CC)nn1C. The molecule has 0 fully saturated rings. The van der Waals surface area contributed by atoms with Crippen LogP contribution in [0.3, 0.4) is 0 Å². The van der Waals surface area contributed by atoms with Crippen molar-refractivity contribution in [1.29, 1.82) is 0 Å². The van der Waals surface area contributed by atoms with Crippen molar-refractivity contribution in [3.05, 3.63) is 17.5 Å². The van der Waals surface area contributed by atoms with E-state index in [9.17, 15) is 5.11 Å². The summed E-state index contributed by atoms with van der Waals surface area (Å²) in [6.45, 7) is 7.85. The van der Waals surface area contributed by atoms with Gasteiger partial charge in [0.1, 0.15) is 0 Å². The van der Waals surface area contributed by atoms with Crippen molar-refractivity contribution in [3.8, 4) is 0 Å². The van der Waals surface area contributed by atoms with Crippen molar-refractivity contribution in [3.63, 3.8) is 0 Å². The molecule has 1 rings (SSSR count). The quantitative estimate of drug-likeness (QED) is 0.705. The Kier molecular flexibility index (Phi) is 5.15. The highest BCUT2D eigenvalue weighted by molar-refractivity contribution is 5.12. The van der Waals surface area contributed by atoms with Crippen LogP contribution >= 0.6 is 0 Å². The number of nitrogens with zero attached hydrogens (tertiary/aromatic N) is 2. The summed E-state index contributed by atoms with van der Waals surface area (Å²) < 4.78 is 1.88. The Balaban J connectivity index is 2.58. The first-order chi connectivity index (χ1) is 7.98. The average Bonchev–Trinajstić information content (AvgIpc) is 2.59. The maximum Gasteiger partial charge on any atom is 0.0686 e. The van der Waals surface area contributed by atoms with Crippen LogP contribution in [0.25, 0.3) is 0 Å². The molecule has 1 atom stereocenters. The lowest BCUT2D eigenvalue weighted by Crippen LogP contribution is -2.32. The van der Waals surface area contributed by atoms with Crippen LogP contribution < -0.4 is 5.32 Å². The predicted octanol–water partition coefficient (Wildman–Crippen LogP) is 1.28. The number of rotatable bonds is 7. The lowest BCUT2D eigenvalue weighted by Gasteiger charge is -2.23. The zero-order chi connectivity index (χ0) is 12.9. The normalized spacial score (nSPS) is 14.9. The summed E-state index contributed by atoms with van der Waals surface area (Å²) in [5.74, 6) is 0. The van der Waals surface area contributed by atoms with E-state index in [4.69, 9.17) is 0 Å².